The van der Waals surface area contributed by atoms with Gasteiger partial charge >= 0.3 is 5.97 Å². The van der Waals surface area contributed by atoms with Crippen molar-refractivity contribution in [2.75, 3.05) is 6.61 Å². The Kier molecular flexibility index (Phi) is 8.24. The summed E-state index contributed by atoms with van der Waals surface area (Å²) in [6, 6.07) is 16.2. The van der Waals surface area contributed by atoms with Crippen LogP contribution in [-0.4, -0.2) is 23.4 Å². The maximum absolute atomic E-state index is 12.5. The average Bonchev–Trinajstić information content (AvgIpc) is 3.18. The lowest BCUT2D eigenvalue weighted by atomic mass is 10.1. The van der Waals surface area contributed by atoms with E-state index in [-0.39, 0.29) is 17.3 Å². The minimum atomic E-state index is -0.604. The number of rotatable bonds is 8. The summed E-state index contributed by atoms with van der Waals surface area (Å²) in [4.78, 5) is 27.4. The Morgan fingerprint density at radius 1 is 1.11 bits per heavy atom. The molecule has 1 aliphatic rings. The van der Waals surface area contributed by atoms with E-state index in [9.17, 15) is 14.9 Å². The molecule has 0 N–H and O–H groups in total. The molecule has 36 heavy (non-hydrogen) atoms. The zero-order valence-corrected chi connectivity index (χ0v) is 23.6. The summed E-state index contributed by atoms with van der Waals surface area (Å²) in [5.74, 6) is 0.677. The third kappa shape index (κ3) is 6.03. The fraction of sp³-hybridized carbons (Fsp3) is 0.154. The molecule has 10 heteroatoms. The standard InChI is InChI=1S/C26H20I2N2O6/c1-3-34-23-13-17(11-20(28)24(23)35-14-16-5-4-6-19(27)10-16)12-21-26(31)36-25(29-21)18-7-8-22(30(32)33)15(2)9-18/h4-13H,3,14H2,1-2H3/b21-12-. The van der Waals surface area contributed by atoms with Crippen molar-refractivity contribution in [1.82, 2.24) is 0 Å². The van der Waals surface area contributed by atoms with Crippen molar-refractivity contribution in [1.29, 1.82) is 0 Å². The molecule has 0 amide bonds. The van der Waals surface area contributed by atoms with Gasteiger partial charge in [0, 0.05) is 20.8 Å². The quantitative estimate of drug-likeness (QED) is 0.0879. The van der Waals surface area contributed by atoms with E-state index < -0.39 is 10.9 Å². The normalized spacial score (nSPS) is 13.9. The summed E-state index contributed by atoms with van der Waals surface area (Å²) >= 11 is 4.44. The second-order valence-corrected chi connectivity index (χ2v) is 10.2. The van der Waals surface area contributed by atoms with Gasteiger partial charge in [-0.15, -0.1) is 0 Å². The highest BCUT2D eigenvalue weighted by Crippen LogP contribution is 2.36. The molecule has 0 saturated carbocycles. The molecule has 3 aromatic rings. The summed E-state index contributed by atoms with van der Waals surface area (Å²) in [5, 5.41) is 11.1. The lowest BCUT2D eigenvalue weighted by Gasteiger charge is -2.15. The van der Waals surface area contributed by atoms with Gasteiger partial charge in [0.1, 0.15) is 6.61 Å². The molecule has 3 aromatic carbocycles. The summed E-state index contributed by atoms with van der Waals surface area (Å²) in [7, 11) is 0. The Morgan fingerprint density at radius 2 is 1.92 bits per heavy atom. The highest BCUT2D eigenvalue weighted by Gasteiger charge is 2.26. The molecule has 0 bridgehead atoms. The summed E-state index contributed by atoms with van der Waals surface area (Å²) in [6.45, 7) is 4.34. The first-order chi connectivity index (χ1) is 17.2. The van der Waals surface area contributed by atoms with Crippen LogP contribution in [-0.2, 0) is 16.1 Å². The van der Waals surface area contributed by atoms with Crippen LogP contribution in [0.25, 0.3) is 6.08 Å². The number of carbonyl (C=O) groups is 1. The molecule has 0 unspecified atom stereocenters. The van der Waals surface area contributed by atoms with Crippen molar-refractivity contribution in [3.05, 3.63) is 99.8 Å². The van der Waals surface area contributed by atoms with Gasteiger partial charge < -0.3 is 14.2 Å². The Bertz CT molecular complexity index is 1420. The minimum absolute atomic E-state index is 0.0122. The van der Waals surface area contributed by atoms with Crippen LogP contribution in [0.15, 0.2) is 65.3 Å². The van der Waals surface area contributed by atoms with Crippen LogP contribution in [0.3, 0.4) is 0 Å². The van der Waals surface area contributed by atoms with Crippen molar-refractivity contribution in [3.8, 4) is 11.5 Å². The molecule has 0 aromatic heterocycles. The number of aryl methyl sites for hydroxylation is 1. The molecule has 0 aliphatic carbocycles. The predicted octanol–water partition coefficient (Wildman–Crippen LogP) is 6.43. The van der Waals surface area contributed by atoms with Gasteiger partial charge in [-0.2, -0.15) is 0 Å². The molecule has 0 atom stereocenters. The number of esters is 1. The van der Waals surface area contributed by atoms with Gasteiger partial charge in [-0.1, -0.05) is 12.1 Å². The average molecular weight is 710 g/mol. The van der Waals surface area contributed by atoms with Crippen molar-refractivity contribution in [2.45, 2.75) is 20.5 Å². The van der Waals surface area contributed by atoms with Gasteiger partial charge in [0.2, 0.25) is 5.90 Å². The summed E-state index contributed by atoms with van der Waals surface area (Å²) in [6.07, 6.45) is 1.61. The Balaban J connectivity index is 1.61. The summed E-state index contributed by atoms with van der Waals surface area (Å²) in [5.41, 5.74) is 2.78. The van der Waals surface area contributed by atoms with Gasteiger partial charge in [-0.05, 0) is 113 Å². The van der Waals surface area contributed by atoms with Crippen LogP contribution in [0, 0.1) is 24.2 Å². The second kappa shape index (κ2) is 11.4. The third-order valence-electron chi connectivity index (χ3n) is 5.17. The Hall–Kier alpha value is -3.00. The highest BCUT2D eigenvalue weighted by atomic mass is 127. The number of nitrogens with zero attached hydrogens (tertiary/aromatic N) is 2. The topological polar surface area (TPSA) is 100 Å². The van der Waals surface area contributed by atoms with E-state index in [0.717, 1.165) is 12.7 Å². The highest BCUT2D eigenvalue weighted by molar-refractivity contribution is 14.1. The number of halogens is 2. The van der Waals surface area contributed by atoms with Gasteiger partial charge in [-0.25, -0.2) is 9.79 Å². The molecular formula is C26H20I2N2O6. The van der Waals surface area contributed by atoms with Crippen LogP contribution in [0.1, 0.15) is 29.2 Å². The maximum atomic E-state index is 12.5. The van der Waals surface area contributed by atoms with Crippen molar-refractivity contribution in [2.24, 2.45) is 4.99 Å². The number of nitro groups is 1. The van der Waals surface area contributed by atoms with E-state index in [1.54, 1.807) is 25.1 Å². The number of cyclic esters (lactones) is 1. The van der Waals surface area contributed by atoms with E-state index in [0.29, 0.717) is 41.4 Å². The first-order valence-electron chi connectivity index (χ1n) is 10.9. The third-order valence-corrected chi connectivity index (χ3v) is 6.64. The molecule has 0 saturated heterocycles. The molecular weight excluding hydrogens is 690 g/mol. The van der Waals surface area contributed by atoms with Crippen LogP contribution in [0.2, 0.25) is 0 Å². The van der Waals surface area contributed by atoms with Crippen molar-refractivity contribution in [3.63, 3.8) is 0 Å². The van der Waals surface area contributed by atoms with Gasteiger partial charge in [-0.3, -0.25) is 10.1 Å². The lowest BCUT2D eigenvalue weighted by Crippen LogP contribution is -2.06. The number of hydrogen-bond acceptors (Lipinski definition) is 7. The zero-order chi connectivity index (χ0) is 25.8. The van der Waals surface area contributed by atoms with Crippen LogP contribution in [0.5, 0.6) is 11.5 Å². The number of benzene rings is 3. The Labute approximate surface area is 234 Å². The number of hydrogen-bond donors (Lipinski definition) is 0. The van der Waals surface area contributed by atoms with E-state index in [1.807, 2.05) is 31.2 Å². The smallest absolute Gasteiger partial charge is 0.363 e. The van der Waals surface area contributed by atoms with E-state index in [2.05, 4.69) is 56.2 Å². The molecule has 184 valence electrons. The SMILES string of the molecule is CCOc1cc(/C=C2\N=C(c3ccc([N+](=O)[O-])c(C)c3)OC2=O)cc(I)c1OCc1cccc(I)c1. The van der Waals surface area contributed by atoms with E-state index in [1.165, 1.54) is 12.1 Å². The maximum Gasteiger partial charge on any atom is 0.363 e. The fourth-order valence-electron chi connectivity index (χ4n) is 3.54. The minimum Gasteiger partial charge on any atom is -0.490 e. The zero-order valence-electron chi connectivity index (χ0n) is 19.3. The first-order valence-corrected chi connectivity index (χ1v) is 13.0. The number of ether oxygens (including phenoxy) is 3. The second-order valence-electron chi connectivity index (χ2n) is 7.78. The predicted molar refractivity (Wildman–Crippen MR) is 152 cm³/mol. The van der Waals surface area contributed by atoms with Crippen molar-refractivity contribution < 1.29 is 23.9 Å². The molecule has 1 heterocycles. The Morgan fingerprint density at radius 3 is 2.61 bits per heavy atom. The van der Waals surface area contributed by atoms with Gasteiger partial charge in [0.25, 0.3) is 5.69 Å². The molecule has 0 radical (unpaired) electrons. The largest absolute Gasteiger partial charge is 0.490 e. The number of aliphatic imine (C=N–C) groups is 1. The van der Waals surface area contributed by atoms with E-state index >= 15 is 0 Å². The van der Waals surface area contributed by atoms with Crippen LogP contribution in [0.4, 0.5) is 5.69 Å². The molecule has 0 fully saturated rings. The van der Waals surface area contributed by atoms with Gasteiger partial charge in [0.15, 0.2) is 17.2 Å². The van der Waals surface area contributed by atoms with Crippen LogP contribution < -0.4 is 9.47 Å². The fourth-order valence-corrected chi connectivity index (χ4v) is 4.93. The summed E-state index contributed by atoms with van der Waals surface area (Å²) < 4.78 is 19.2. The van der Waals surface area contributed by atoms with Crippen molar-refractivity contribution >= 4 is 68.8 Å². The molecule has 4 rings (SSSR count). The number of nitro benzene ring substituents is 1. The molecule has 1 aliphatic heterocycles. The first kappa shape index (κ1) is 26.1. The van der Waals surface area contributed by atoms with Gasteiger partial charge in [0.05, 0.1) is 15.1 Å². The van der Waals surface area contributed by atoms with Crippen LogP contribution >= 0.6 is 45.2 Å². The lowest BCUT2D eigenvalue weighted by molar-refractivity contribution is -0.385. The molecule has 0 spiro atoms. The monoisotopic (exact) mass is 710 g/mol. The number of carbonyl (C=O) groups excluding carboxylic acids is 1. The van der Waals surface area contributed by atoms with E-state index in [4.69, 9.17) is 14.2 Å². The molecule has 8 nitrogen and oxygen atoms in total.